The van der Waals surface area contributed by atoms with Gasteiger partial charge in [0.15, 0.2) is 5.78 Å². The Labute approximate surface area is 136 Å². The van der Waals surface area contributed by atoms with Crippen molar-refractivity contribution in [3.63, 3.8) is 0 Å². The topological polar surface area (TPSA) is 37.3 Å². The molecule has 2 aromatic carbocycles. The van der Waals surface area contributed by atoms with Crippen LogP contribution in [0.15, 0.2) is 42.5 Å². The summed E-state index contributed by atoms with van der Waals surface area (Å²) in [5, 5.41) is 9.80. The number of carbonyl (C=O) groups excluding carboxylic acids is 1. The summed E-state index contributed by atoms with van der Waals surface area (Å²) in [6.45, 7) is 3.02. The molecule has 0 spiro atoms. The quantitative estimate of drug-likeness (QED) is 0.662. The fraction of sp³-hybridized carbons (Fsp3) is 0.278. The van der Waals surface area contributed by atoms with Gasteiger partial charge < -0.3 is 5.11 Å². The highest BCUT2D eigenvalue weighted by Crippen LogP contribution is 2.26. The van der Waals surface area contributed by atoms with Gasteiger partial charge in [-0.25, -0.2) is 0 Å². The Bertz CT molecular complexity index is 670. The normalized spacial score (nSPS) is 11.5. The molecule has 22 heavy (non-hydrogen) atoms. The van der Waals surface area contributed by atoms with Crippen molar-refractivity contribution in [3.05, 3.63) is 59.2 Å². The third kappa shape index (κ3) is 3.82. The Morgan fingerprint density at radius 1 is 0.955 bits per heavy atom. The molecule has 1 N–H and O–H groups in total. The van der Waals surface area contributed by atoms with Crippen molar-refractivity contribution in [1.29, 1.82) is 0 Å². The summed E-state index contributed by atoms with van der Waals surface area (Å²) in [5.74, 6) is -0.261. The van der Waals surface area contributed by atoms with Gasteiger partial charge in [-0.15, -0.1) is 18.5 Å². The van der Waals surface area contributed by atoms with Crippen molar-refractivity contribution < 1.29 is 9.90 Å². The number of ketones is 1. The molecule has 2 atom stereocenters. The molecule has 116 valence electrons. The van der Waals surface area contributed by atoms with Crippen molar-refractivity contribution in [3.8, 4) is 11.1 Å². The highest BCUT2D eigenvalue weighted by Gasteiger charge is 2.24. The maximum absolute atomic E-state index is 12.0. The highest BCUT2D eigenvalue weighted by atomic mass is 31.0. The van der Waals surface area contributed by atoms with Gasteiger partial charge in [0.25, 0.3) is 0 Å². The summed E-state index contributed by atoms with van der Waals surface area (Å²) in [7, 11) is 5.53. The fourth-order valence-electron chi connectivity index (χ4n) is 2.36. The summed E-state index contributed by atoms with van der Waals surface area (Å²) in [6, 6.07) is 13.9. The van der Waals surface area contributed by atoms with E-state index in [1.807, 2.05) is 12.1 Å². The summed E-state index contributed by atoms with van der Waals surface area (Å²) < 4.78 is 0. The first kappa shape index (κ1) is 17.3. The van der Waals surface area contributed by atoms with E-state index in [1.165, 1.54) is 25.0 Å². The molecule has 4 heteroatoms. The standard InChI is InChI=1S/C18H22O2P2/c1-18(2,20)17(19)13-5-3-12(4-6-13)14-7-8-15(10-21)16(9-14)11-22/h3-9,20H,10-11,21-22H2,1-2H3. The first-order chi connectivity index (χ1) is 10.4. The molecule has 2 nitrogen and oxygen atoms in total. The molecule has 0 aliphatic heterocycles. The molecule has 2 aromatic rings. The van der Waals surface area contributed by atoms with E-state index >= 15 is 0 Å². The Morgan fingerprint density at radius 2 is 1.50 bits per heavy atom. The zero-order valence-electron chi connectivity index (χ0n) is 13.0. The van der Waals surface area contributed by atoms with E-state index in [1.54, 1.807) is 12.1 Å². The Balaban J connectivity index is 2.33. The average molecular weight is 332 g/mol. The predicted octanol–water partition coefficient (Wildman–Crippen LogP) is 4.06. The summed E-state index contributed by atoms with van der Waals surface area (Å²) in [6.07, 6.45) is 1.87. The molecular formula is C18H22O2P2. The minimum atomic E-state index is -1.34. The fourth-order valence-corrected chi connectivity index (χ4v) is 3.14. The Kier molecular flexibility index (Phi) is 5.50. The van der Waals surface area contributed by atoms with E-state index in [4.69, 9.17) is 0 Å². The van der Waals surface area contributed by atoms with Crippen LogP contribution < -0.4 is 0 Å². The SMILES string of the molecule is CC(C)(O)C(=O)c1ccc(-c2ccc(CP)c(CP)c2)cc1. The van der Waals surface area contributed by atoms with Gasteiger partial charge in [0.2, 0.25) is 0 Å². The second-order valence-electron chi connectivity index (χ2n) is 5.86. The van der Waals surface area contributed by atoms with Gasteiger partial charge >= 0.3 is 0 Å². The van der Waals surface area contributed by atoms with Crippen LogP contribution in [-0.2, 0) is 12.3 Å². The molecule has 0 radical (unpaired) electrons. The minimum absolute atomic E-state index is 0.261. The maximum atomic E-state index is 12.0. The zero-order chi connectivity index (χ0) is 16.3. The van der Waals surface area contributed by atoms with Gasteiger partial charge in [-0.3, -0.25) is 4.79 Å². The lowest BCUT2D eigenvalue weighted by Crippen LogP contribution is -2.30. The smallest absolute Gasteiger partial charge is 0.193 e. The van der Waals surface area contributed by atoms with Crippen molar-refractivity contribution in [2.24, 2.45) is 0 Å². The van der Waals surface area contributed by atoms with Crippen LogP contribution in [0, 0.1) is 0 Å². The van der Waals surface area contributed by atoms with E-state index in [0.717, 1.165) is 23.5 Å². The number of aliphatic hydroxyl groups is 1. The van der Waals surface area contributed by atoms with Gasteiger partial charge in [-0.05, 0) is 48.4 Å². The molecule has 0 fully saturated rings. The predicted molar refractivity (Wildman–Crippen MR) is 99.3 cm³/mol. The minimum Gasteiger partial charge on any atom is -0.382 e. The molecule has 0 heterocycles. The van der Waals surface area contributed by atoms with E-state index in [0.29, 0.717) is 5.56 Å². The molecule has 0 bridgehead atoms. The monoisotopic (exact) mass is 332 g/mol. The largest absolute Gasteiger partial charge is 0.382 e. The van der Waals surface area contributed by atoms with Crippen LogP contribution >= 0.6 is 18.5 Å². The van der Waals surface area contributed by atoms with Gasteiger partial charge in [0.1, 0.15) is 5.60 Å². The molecule has 0 amide bonds. The van der Waals surface area contributed by atoms with Crippen LogP contribution in [0.1, 0.15) is 35.3 Å². The lowest BCUT2D eigenvalue weighted by atomic mass is 9.94. The summed E-state index contributed by atoms with van der Waals surface area (Å²) in [4.78, 5) is 12.0. The molecule has 0 aromatic heterocycles. The summed E-state index contributed by atoms with van der Waals surface area (Å²) >= 11 is 0. The van der Waals surface area contributed by atoms with E-state index in [9.17, 15) is 9.90 Å². The van der Waals surface area contributed by atoms with Crippen LogP contribution in [0.5, 0.6) is 0 Å². The van der Waals surface area contributed by atoms with E-state index < -0.39 is 5.60 Å². The third-order valence-corrected chi connectivity index (χ3v) is 4.56. The van der Waals surface area contributed by atoms with Crippen molar-refractivity contribution >= 4 is 24.3 Å². The van der Waals surface area contributed by atoms with Crippen molar-refractivity contribution in [2.45, 2.75) is 31.8 Å². The van der Waals surface area contributed by atoms with Gasteiger partial charge in [-0.1, -0.05) is 42.5 Å². The average Bonchev–Trinajstić information content (AvgIpc) is 2.52. The molecule has 0 aliphatic carbocycles. The Hall–Kier alpha value is -1.07. The Morgan fingerprint density at radius 3 is 2.00 bits per heavy atom. The zero-order valence-corrected chi connectivity index (χ0v) is 15.3. The number of rotatable bonds is 5. The second-order valence-corrected chi connectivity index (χ2v) is 6.67. The number of carbonyl (C=O) groups is 1. The summed E-state index contributed by atoms with van der Waals surface area (Å²) in [5.41, 5.74) is 4.05. The van der Waals surface area contributed by atoms with Crippen LogP contribution in [-0.4, -0.2) is 16.5 Å². The van der Waals surface area contributed by atoms with E-state index in [-0.39, 0.29) is 5.78 Å². The van der Waals surface area contributed by atoms with Gasteiger partial charge in [0, 0.05) is 5.56 Å². The molecule has 0 saturated carbocycles. The van der Waals surface area contributed by atoms with Gasteiger partial charge in [-0.2, -0.15) is 0 Å². The molecule has 0 aliphatic rings. The maximum Gasteiger partial charge on any atom is 0.193 e. The molecular weight excluding hydrogens is 310 g/mol. The van der Waals surface area contributed by atoms with Crippen LogP contribution in [0.25, 0.3) is 11.1 Å². The van der Waals surface area contributed by atoms with Crippen molar-refractivity contribution in [1.82, 2.24) is 0 Å². The second kappa shape index (κ2) is 7.01. The van der Waals surface area contributed by atoms with Crippen LogP contribution in [0.4, 0.5) is 0 Å². The molecule has 0 saturated heterocycles. The van der Waals surface area contributed by atoms with Crippen LogP contribution in [0.3, 0.4) is 0 Å². The van der Waals surface area contributed by atoms with Crippen LogP contribution in [0.2, 0.25) is 0 Å². The lowest BCUT2D eigenvalue weighted by molar-refractivity contribution is 0.0488. The molecule has 2 rings (SSSR count). The first-order valence-corrected chi connectivity index (χ1v) is 8.89. The first-order valence-electron chi connectivity index (χ1n) is 7.26. The van der Waals surface area contributed by atoms with E-state index in [2.05, 4.69) is 36.7 Å². The number of benzene rings is 2. The number of hydrogen-bond acceptors (Lipinski definition) is 2. The number of hydrogen-bond donors (Lipinski definition) is 1. The molecule has 2 unspecified atom stereocenters. The highest BCUT2D eigenvalue weighted by molar-refractivity contribution is 7.16. The number of Topliss-reactive ketones (excluding diaryl/α,β-unsaturated/α-hetero) is 1. The lowest BCUT2D eigenvalue weighted by Gasteiger charge is -2.15. The third-order valence-electron chi connectivity index (χ3n) is 3.68. The van der Waals surface area contributed by atoms with Gasteiger partial charge in [0.05, 0.1) is 0 Å². The van der Waals surface area contributed by atoms with Crippen molar-refractivity contribution in [2.75, 3.05) is 0 Å².